The van der Waals surface area contributed by atoms with Crippen LogP contribution in [0.5, 0.6) is 0 Å². The number of non-ortho nitro benzene ring substituents is 1. The third kappa shape index (κ3) is 4.40. The van der Waals surface area contributed by atoms with Crippen LogP contribution in [0.2, 0.25) is 0 Å². The van der Waals surface area contributed by atoms with Gasteiger partial charge in [0.15, 0.2) is 0 Å². The number of carbonyl (C=O) groups excluding carboxylic acids is 3. The largest absolute Gasteiger partial charge is 0.325 e. The molecule has 2 atom stereocenters. The van der Waals surface area contributed by atoms with Crippen molar-refractivity contribution in [2.24, 2.45) is 0 Å². The Hall–Kier alpha value is -3.75. The van der Waals surface area contributed by atoms with E-state index >= 15 is 0 Å². The smallest absolute Gasteiger partial charge is 0.325 e. The van der Waals surface area contributed by atoms with Crippen molar-refractivity contribution in [3.05, 3.63) is 69.8 Å². The van der Waals surface area contributed by atoms with Gasteiger partial charge in [-0.05, 0) is 54.7 Å². The van der Waals surface area contributed by atoms with Gasteiger partial charge in [-0.1, -0.05) is 26.0 Å². The van der Waals surface area contributed by atoms with Gasteiger partial charge >= 0.3 is 6.03 Å². The minimum atomic E-state index is -1.41. The number of amides is 4. The van der Waals surface area contributed by atoms with Crippen molar-refractivity contribution in [3.8, 4) is 0 Å². The number of urea groups is 1. The molecule has 0 aromatic heterocycles. The Morgan fingerprint density at radius 2 is 1.77 bits per heavy atom. The van der Waals surface area contributed by atoms with E-state index in [0.717, 1.165) is 16.9 Å². The number of nitro groups is 1. The van der Waals surface area contributed by atoms with Crippen LogP contribution in [0.4, 0.5) is 16.2 Å². The van der Waals surface area contributed by atoms with Crippen LogP contribution in [-0.2, 0) is 15.1 Å². The summed E-state index contributed by atoms with van der Waals surface area (Å²) in [6.07, 6.45) is 1.01. The molecular weight excluding hydrogens is 400 g/mol. The van der Waals surface area contributed by atoms with Gasteiger partial charge in [0, 0.05) is 17.8 Å². The fourth-order valence-electron chi connectivity index (χ4n) is 3.43. The maximum absolute atomic E-state index is 12.9. The van der Waals surface area contributed by atoms with Gasteiger partial charge in [-0.15, -0.1) is 0 Å². The normalized spacial score (nSPS) is 19.1. The molecule has 1 saturated heterocycles. The molecule has 0 radical (unpaired) electrons. The summed E-state index contributed by atoms with van der Waals surface area (Å²) in [5, 5.41) is 16.1. The maximum Gasteiger partial charge on any atom is 0.325 e. The molecule has 4 amide bonds. The number of benzene rings is 2. The minimum absolute atomic E-state index is 0.125. The zero-order valence-corrected chi connectivity index (χ0v) is 17.5. The molecule has 1 heterocycles. The van der Waals surface area contributed by atoms with E-state index in [1.165, 1.54) is 31.2 Å². The first-order chi connectivity index (χ1) is 14.7. The Labute approximate surface area is 179 Å². The summed E-state index contributed by atoms with van der Waals surface area (Å²) in [4.78, 5) is 48.9. The number of imide groups is 1. The van der Waals surface area contributed by atoms with Gasteiger partial charge in [0.2, 0.25) is 5.91 Å². The van der Waals surface area contributed by atoms with Crippen molar-refractivity contribution >= 4 is 29.2 Å². The molecule has 0 spiro atoms. The highest BCUT2D eigenvalue weighted by molar-refractivity contribution is 6.10. The van der Waals surface area contributed by atoms with Gasteiger partial charge in [-0.3, -0.25) is 24.6 Å². The highest BCUT2D eigenvalue weighted by atomic mass is 16.6. The Morgan fingerprint density at radius 1 is 1.16 bits per heavy atom. The Morgan fingerprint density at radius 3 is 2.32 bits per heavy atom. The molecule has 9 heteroatoms. The summed E-state index contributed by atoms with van der Waals surface area (Å²) in [6, 6.07) is 12.1. The SMILES string of the molecule is CCC(C)c1ccc(NC(=O)CN2C(=O)NC(C)(c3ccc([N+](=O)[O-])cc3)C2=O)cc1. The molecule has 1 aliphatic rings. The standard InChI is InChI=1S/C22H24N4O5/c1-4-14(2)15-5-9-17(10-6-15)23-19(27)13-25-20(28)22(3,24-21(25)29)16-7-11-18(12-8-16)26(30)31/h5-12,14H,4,13H2,1-3H3,(H,23,27)(H,24,29). The molecule has 162 valence electrons. The number of nitro benzene ring substituents is 1. The number of hydrogen-bond donors (Lipinski definition) is 2. The molecule has 2 unspecified atom stereocenters. The number of rotatable bonds is 7. The summed E-state index contributed by atoms with van der Waals surface area (Å²) in [6.45, 7) is 5.27. The first kappa shape index (κ1) is 21.9. The third-order valence-electron chi connectivity index (χ3n) is 5.61. The highest BCUT2D eigenvalue weighted by Gasteiger charge is 2.49. The molecule has 31 heavy (non-hydrogen) atoms. The van der Waals surface area contributed by atoms with Gasteiger partial charge < -0.3 is 10.6 Å². The molecule has 0 bridgehead atoms. The minimum Gasteiger partial charge on any atom is -0.325 e. The molecule has 3 rings (SSSR count). The Balaban J connectivity index is 1.69. The van der Waals surface area contributed by atoms with Crippen LogP contribution in [0.15, 0.2) is 48.5 Å². The molecule has 0 saturated carbocycles. The Bertz CT molecular complexity index is 1020. The van der Waals surface area contributed by atoms with Gasteiger partial charge in [-0.25, -0.2) is 4.79 Å². The second-order valence-electron chi connectivity index (χ2n) is 7.73. The van der Waals surface area contributed by atoms with E-state index in [9.17, 15) is 24.5 Å². The molecule has 2 N–H and O–H groups in total. The predicted octanol–water partition coefficient (Wildman–Crippen LogP) is 3.51. The van der Waals surface area contributed by atoms with Crippen LogP contribution >= 0.6 is 0 Å². The van der Waals surface area contributed by atoms with E-state index in [0.29, 0.717) is 17.2 Å². The van der Waals surface area contributed by atoms with E-state index in [1.54, 1.807) is 12.1 Å². The molecule has 1 aliphatic heterocycles. The first-order valence-electron chi connectivity index (χ1n) is 9.94. The highest BCUT2D eigenvalue weighted by Crippen LogP contribution is 2.30. The number of nitrogens with one attached hydrogen (secondary N) is 2. The van der Waals surface area contributed by atoms with Crippen LogP contribution in [0, 0.1) is 10.1 Å². The second-order valence-corrected chi connectivity index (χ2v) is 7.73. The van der Waals surface area contributed by atoms with Crippen molar-refractivity contribution in [1.29, 1.82) is 0 Å². The van der Waals surface area contributed by atoms with Gasteiger partial charge in [0.1, 0.15) is 12.1 Å². The van der Waals surface area contributed by atoms with Gasteiger partial charge in [0.05, 0.1) is 4.92 Å². The lowest BCUT2D eigenvalue weighted by molar-refractivity contribution is -0.384. The lowest BCUT2D eigenvalue weighted by atomic mass is 9.92. The first-order valence-corrected chi connectivity index (χ1v) is 9.94. The van der Waals surface area contributed by atoms with Crippen LogP contribution in [0.1, 0.15) is 44.2 Å². The van der Waals surface area contributed by atoms with E-state index in [2.05, 4.69) is 24.5 Å². The Kier molecular flexibility index (Phi) is 6.05. The van der Waals surface area contributed by atoms with Gasteiger partial charge in [-0.2, -0.15) is 0 Å². The van der Waals surface area contributed by atoms with Crippen molar-refractivity contribution in [1.82, 2.24) is 10.2 Å². The summed E-state index contributed by atoms with van der Waals surface area (Å²) in [5.41, 5.74) is 0.583. The molecule has 9 nitrogen and oxygen atoms in total. The van der Waals surface area contributed by atoms with Crippen LogP contribution < -0.4 is 10.6 Å². The monoisotopic (exact) mass is 424 g/mol. The fraction of sp³-hybridized carbons (Fsp3) is 0.318. The molecular formula is C22H24N4O5. The van der Waals surface area contributed by atoms with Crippen molar-refractivity contribution in [3.63, 3.8) is 0 Å². The maximum atomic E-state index is 12.9. The van der Waals surface area contributed by atoms with E-state index < -0.39 is 34.9 Å². The molecule has 2 aromatic carbocycles. The average molecular weight is 424 g/mol. The lowest BCUT2D eigenvalue weighted by Gasteiger charge is -2.22. The molecule has 0 aliphatic carbocycles. The van der Waals surface area contributed by atoms with E-state index in [1.807, 2.05) is 12.1 Å². The van der Waals surface area contributed by atoms with Crippen molar-refractivity contribution in [2.75, 3.05) is 11.9 Å². The zero-order chi connectivity index (χ0) is 22.8. The number of hydrogen-bond acceptors (Lipinski definition) is 5. The average Bonchev–Trinajstić information content (AvgIpc) is 2.97. The summed E-state index contributed by atoms with van der Waals surface area (Å²) in [5.74, 6) is -0.700. The fourth-order valence-corrected chi connectivity index (χ4v) is 3.43. The molecule has 1 fully saturated rings. The van der Waals surface area contributed by atoms with Gasteiger partial charge in [0.25, 0.3) is 11.6 Å². The van der Waals surface area contributed by atoms with E-state index in [-0.39, 0.29) is 5.69 Å². The van der Waals surface area contributed by atoms with Crippen LogP contribution in [-0.4, -0.2) is 34.2 Å². The van der Waals surface area contributed by atoms with Crippen molar-refractivity contribution in [2.45, 2.75) is 38.6 Å². The quantitative estimate of drug-likeness (QED) is 0.400. The number of anilines is 1. The van der Waals surface area contributed by atoms with Crippen LogP contribution in [0.3, 0.4) is 0 Å². The lowest BCUT2D eigenvalue weighted by Crippen LogP contribution is -2.42. The number of carbonyl (C=O) groups is 3. The molecule has 2 aromatic rings. The zero-order valence-electron chi connectivity index (χ0n) is 17.5. The number of nitrogens with zero attached hydrogens (tertiary/aromatic N) is 2. The third-order valence-corrected chi connectivity index (χ3v) is 5.61. The van der Waals surface area contributed by atoms with E-state index in [4.69, 9.17) is 0 Å². The predicted molar refractivity (Wildman–Crippen MR) is 114 cm³/mol. The second kappa shape index (κ2) is 8.55. The topological polar surface area (TPSA) is 122 Å². The van der Waals surface area contributed by atoms with Crippen molar-refractivity contribution < 1.29 is 19.3 Å². The summed E-state index contributed by atoms with van der Waals surface area (Å²) in [7, 11) is 0. The van der Waals surface area contributed by atoms with Crippen LogP contribution in [0.25, 0.3) is 0 Å². The summed E-state index contributed by atoms with van der Waals surface area (Å²) >= 11 is 0. The summed E-state index contributed by atoms with van der Waals surface area (Å²) < 4.78 is 0.